The van der Waals surface area contributed by atoms with Gasteiger partial charge in [-0.3, -0.25) is 4.79 Å². The van der Waals surface area contributed by atoms with E-state index in [0.29, 0.717) is 25.0 Å². The SMILES string of the molecule is COCCN(C)C(=O)C1CC(N)C(C)CC1C. The van der Waals surface area contributed by atoms with E-state index in [2.05, 4.69) is 13.8 Å². The number of hydrogen-bond acceptors (Lipinski definition) is 3. The van der Waals surface area contributed by atoms with Crippen molar-refractivity contribution in [3.63, 3.8) is 0 Å². The lowest BCUT2D eigenvalue weighted by Crippen LogP contribution is -2.46. The summed E-state index contributed by atoms with van der Waals surface area (Å²) in [4.78, 5) is 14.1. The lowest BCUT2D eigenvalue weighted by Gasteiger charge is -2.37. The molecule has 0 radical (unpaired) electrons. The molecule has 1 aliphatic carbocycles. The number of nitrogens with two attached hydrogens (primary N) is 1. The largest absolute Gasteiger partial charge is 0.383 e. The first-order valence-electron chi connectivity index (χ1n) is 6.46. The van der Waals surface area contributed by atoms with Crippen molar-refractivity contribution in [1.82, 2.24) is 4.90 Å². The van der Waals surface area contributed by atoms with Gasteiger partial charge in [-0.05, 0) is 24.7 Å². The Kier molecular flexibility index (Phi) is 5.40. The highest BCUT2D eigenvalue weighted by Crippen LogP contribution is 2.33. The zero-order valence-corrected chi connectivity index (χ0v) is 11.5. The van der Waals surface area contributed by atoms with Crippen LogP contribution < -0.4 is 5.73 Å². The Morgan fingerprint density at radius 3 is 2.59 bits per heavy atom. The van der Waals surface area contributed by atoms with Crippen LogP contribution in [-0.4, -0.2) is 44.2 Å². The van der Waals surface area contributed by atoms with E-state index in [1.807, 2.05) is 7.05 Å². The Hall–Kier alpha value is -0.610. The molecule has 1 amide bonds. The van der Waals surface area contributed by atoms with Crippen molar-refractivity contribution in [3.05, 3.63) is 0 Å². The molecule has 0 heterocycles. The Balaban J connectivity index is 2.56. The molecule has 4 nitrogen and oxygen atoms in total. The first kappa shape index (κ1) is 14.5. The molecule has 4 unspecified atom stereocenters. The summed E-state index contributed by atoms with van der Waals surface area (Å²) in [5, 5.41) is 0. The monoisotopic (exact) mass is 242 g/mol. The van der Waals surface area contributed by atoms with E-state index in [1.54, 1.807) is 12.0 Å². The highest BCUT2D eigenvalue weighted by atomic mass is 16.5. The number of carbonyl (C=O) groups excluding carboxylic acids is 1. The van der Waals surface area contributed by atoms with Crippen molar-refractivity contribution >= 4 is 5.91 Å². The molecule has 0 aromatic heterocycles. The molecule has 0 spiro atoms. The van der Waals surface area contributed by atoms with Crippen molar-refractivity contribution in [1.29, 1.82) is 0 Å². The normalized spacial score (nSPS) is 33.5. The maximum Gasteiger partial charge on any atom is 0.225 e. The minimum absolute atomic E-state index is 0.0862. The summed E-state index contributed by atoms with van der Waals surface area (Å²) >= 11 is 0. The Morgan fingerprint density at radius 1 is 1.35 bits per heavy atom. The fourth-order valence-electron chi connectivity index (χ4n) is 2.65. The minimum Gasteiger partial charge on any atom is -0.383 e. The molecular formula is C13H26N2O2. The second kappa shape index (κ2) is 6.36. The van der Waals surface area contributed by atoms with Crippen LogP contribution in [0.25, 0.3) is 0 Å². The molecule has 17 heavy (non-hydrogen) atoms. The standard InChI is InChI=1S/C13H26N2O2/c1-9-7-10(2)12(14)8-11(9)13(16)15(3)5-6-17-4/h9-12H,5-8,14H2,1-4H3. The molecular weight excluding hydrogens is 216 g/mol. The summed E-state index contributed by atoms with van der Waals surface area (Å²) in [6, 6.07) is 0.163. The van der Waals surface area contributed by atoms with Gasteiger partial charge in [0.15, 0.2) is 0 Å². The van der Waals surface area contributed by atoms with Gasteiger partial charge < -0.3 is 15.4 Å². The summed E-state index contributed by atoms with van der Waals surface area (Å²) in [7, 11) is 3.50. The van der Waals surface area contributed by atoms with Crippen LogP contribution in [0.2, 0.25) is 0 Å². The second-order valence-electron chi connectivity index (χ2n) is 5.45. The summed E-state index contributed by atoms with van der Waals surface area (Å²) in [6.45, 7) is 5.58. The third-order valence-electron chi connectivity index (χ3n) is 4.01. The Labute approximate surface area is 104 Å². The first-order chi connectivity index (χ1) is 7.97. The first-order valence-corrected chi connectivity index (χ1v) is 6.46. The van der Waals surface area contributed by atoms with E-state index in [-0.39, 0.29) is 17.9 Å². The van der Waals surface area contributed by atoms with Crippen LogP contribution in [0.4, 0.5) is 0 Å². The summed E-state index contributed by atoms with van der Waals surface area (Å²) < 4.78 is 5.00. The Bertz CT molecular complexity index is 258. The van der Waals surface area contributed by atoms with E-state index in [1.165, 1.54) is 0 Å². The molecule has 0 saturated heterocycles. The van der Waals surface area contributed by atoms with Crippen LogP contribution in [0.5, 0.6) is 0 Å². The van der Waals surface area contributed by atoms with Crippen LogP contribution in [0, 0.1) is 17.8 Å². The molecule has 4 heteroatoms. The topological polar surface area (TPSA) is 55.6 Å². The smallest absolute Gasteiger partial charge is 0.225 e. The zero-order chi connectivity index (χ0) is 13.0. The van der Waals surface area contributed by atoms with Gasteiger partial charge in [-0.15, -0.1) is 0 Å². The molecule has 0 aromatic carbocycles. The van der Waals surface area contributed by atoms with E-state index in [0.717, 1.165) is 12.8 Å². The predicted molar refractivity (Wildman–Crippen MR) is 68.5 cm³/mol. The van der Waals surface area contributed by atoms with Gasteiger partial charge in [-0.2, -0.15) is 0 Å². The van der Waals surface area contributed by atoms with Crippen LogP contribution in [0.1, 0.15) is 26.7 Å². The number of ether oxygens (including phenoxy) is 1. The molecule has 1 fully saturated rings. The fraction of sp³-hybridized carbons (Fsp3) is 0.923. The number of methoxy groups -OCH3 is 1. The van der Waals surface area contributed by atoms with E-state index in [9.17, 15) is 4.79 Å². The van der Waals surface area contributed by atoms with Crippen molar-refractivity contribution in [2.45, 2.75) is 32.7 Å². The maximum atomic E-state index is 12.3. The van der Waals surface area contributed by atoms with Crippen molar-refractivity contribution in [3.8, 4) is 0 Å². The van der Waals surface area contributed by atoms with Gasteiger partial charge in [0.05, 0.1) is 6.61 Å². The molecule has 4 atom stereocenters. The number of amides is 1. The average Bonchev–Trinajstić information content (AvgIpc) is 2.29. The third kappa shape index (κ3) is 3.68. The number of rotatable bonds is 4. The molecule has 1 rings (SSSR count). The summed E-state index contributed by atoms with van der Waals surface area (Å²) in [6.07, 6.45) is 1.87. The lowest BCUT2D eigenvalue weighted by atomic mass is 9.72. The molecule has 1 saturated carbocycles. The van der Waals surface area contributed by atoms with Crippen molar-refractivity contribution < 1.29 is 9.53 Å². The van der Waals surface area contributed by atoms with Crippen LogP contribution in [-0.2, 0) is 9.53 Å². The number of likely N-dealkylation sites (N-methyl/N-ethyl adjacent to an activating group) is 1. The van der Waals surface area contributed by atoms with E-state index >= 15 is 0 Å². The average molecular weight is 242 g/mol. The maximum absolute atomic E-state index is 12.3. The molecule has 1 aliphatic rings. The molecule has 0 aliphatic heterocycles. The molecule has 0 bridgehead atoms. The second-order valence-corrected chi connectivity index (χ2v) is 5.45. The van der Waals surface area contributed by atoms with E-state index < -0.39 is 0 Å². The van der Waals surface area contributed by atoms with Gasteiger partial charge in [-0.25, -0.2) is 0 Å². The van der Waals surface area contributed by atoms with Crippen LogP contribution >= 0.6 is 0 Å². The van der Waals surface area contributed by atoms with Crippen molar-refractivity contribution in [2.75, 3.05) is 27.3 Å². The fourth-order valence-corrected chi connectivity index (χ4v) is 2.65. The minimum atomic E-state index is 0.0862. The Morgan fingerprint density at radius 2 is 2.00 bits per heavy atom. The highest BCUT2D eigenvalue weighted by molar-refractivity contribution is 5.79. The number of carbonyl (C=O) groups is 1. The highest BCUT2D eigenvalue weighted by Gasteiger charge is 2.36. The third-order valence-corrected chi connectivity index (χ3v) is 4.01. The number of nitrogens with zero attached hydrogens (tertiary/aromatic N) is 1. The summed E-state index contributed by atoms with van der Waals surface area (Å²) in [5.41, 5.74) is 6.07. The van der Waals surface area contributed by atoms with Gasteiger partial charge in [0.1, 0.15) is 0 Å². The van der Waals surface area contributed by atoms with E-state index in [4.69, 9.17) is 10.5 Å². The lowest BCUT2D eigenvalue weighted by molar-refractivity contribution is -0.138. The van der Waals surface area contributed by atoms with Gasteiger partial charge in [0, 0.05) is 32.7 Å². The van der Waals surface area contributed by atoms with Gasteiger partial charge >= 0.3 is 0 Å². The van der Waals surface area contributed by atoms with Gasteiger partial charge in [0.25, 0.3) is 0 Å². The molecule has 0 aromatic rings. The van der Waals surface area contributed by atoms with Crippen molar-refractivity contribution in [2.24, 2.45) is 23.5 Å². The molecule has 2 N–H and O–H groups in total. The van der Waals surface area contributed by atoms with Gasteiger partial charge in [0.2, 0.25) is 5.91 Å². The van der Waals surface area contributed by atoms with Crippen LogP contribution in [0.3, 0.4) is 0 Å². The zero-order valence-electron chi connectivity index (χ0n) is 11.5. The van der Waals surface area contributed by atoms with Crippen LogP contribution in [0.15, 0.2) is 0 Å². The summed E-state index contributed by atoms with van der Waals surface area (Å²) in [5.74, 6) is 1.26. The predicted octanol–water partition coefficient (Wildman–Crippen LogP) is 1.10. The number of hydrogen-bond donors (Lipinski definition) is 1. The molecule has 100 valence electrons. The van der Waals surface area contributed by atoms with Gasteiger partial charge in [-0.1, -0.05) is 13.8 Å². The quantitative estimate of drug-likeness (QED) is 0.803.